The Hall–Kier alpha value is -2.18. The second kappa shape index (κ2) is 6.85. The predicted molar refractivity (Wildman–Crippen MR) is 110 cm³/mol. The molecule has 1 aliphatic rings. The van der Waals surface area contributed by atoms with Crippen molar-refractivity contribution >= 4 is 38.6 Å². The summed E-state index contributed by atoms with van der Waals surface area (Å²) < 4.78 is 12.0. The third-order valence-electron chi connectivity index (χ3n) is 4.45. The molecule has 4 rings (SSSR count). The molecule has 0 radical (unpaired) electrons. The van der Waals surface area contributed by atoms with E-state index in [0.717, 1.165) is 49.9 Å². The first-order valence-electron chi connectivity index (χ1n) is 8.15. The van der Waals surface area contributed by atoms with E-state index in [4.69, 9.17) is 14.5 Å². The predicted octanol–water partition coefficient (Wildman–Crippen LogP) is 5.55. The Bertz CT molecular complexity index is 1030. The van der Waals surface area contributed by atoms with Crippen LogP contribution in [0.2, 0.25) is 0 Å². The van der Waals surface area contributed by atoms with Gasteiger partial charge in [0.2, 0.25) is 5.13 Å². The van der Waals surface area contributed by atoms with Gasteiger partial charge in [0.05, 0.1) is 19.9 Å². The van der Waals surface area contributed by atoms with Gasteiger partial charge in [-0.25, -0.2) is 9.98 Å². The molecule has 1 aliphatic carbocycles. The maximum Gasteiger partial charge on any atom is 0.209 e. The maximum atomic E-state index is 5.54. The average molecular weight is 429 g/mol. The number of rotatable bonds is 4. The first kappa shape index (κ1) is 17.2. The number of hydrogen-bond acceptors (Lipinski definition) is 5. The van der Waals surface area contributed by atoms with Gasteiger partial charge in [-0.2, -0.15) is 0 Å². The lowest BCUT2D eigenvalue weighted by atomic mass is 10.1. The van der Waals surface area contributed by atoms with Crippen molar-refractivity contribution in [3.05, 3.63) is 56.4 Å². The minimum absolute atomic E-state index is 0.752. The van der Waals surface area contributed by atoms with Crippen molar-refractivity contribution in [3.8, 4) is 22.8 Å². The van der Waals surface area contributed by atoms with E-state index < -0.39 is 0 Å². The zero-order chi connectivity index (χ0) is 18.3. The quantitative estimate of drug-likeness (QED) is 0.400. The summed E-state index contributed by atoms with van der Waals surface area (Å²) in [6.45, 7) is 2.02. The molecule has 0 bridgehead atoms. The molecule has 2 aromatic carbocycles. The Labute approximate surface area is 164 Å². The summed E-state index contributed by atoms with van der Waals surface area (Å²) in [4.78, 5) is 10.5. The summed E-state index contributed by atoms with van der Waals surface area (Å²) in [5.41, 5.74) is 5.39. The van der Waals surface area contributed by atoms with Gasteiger partial charge in [-0.3, -0.25) is 0 Å². The van der Waals surface area contributed by atoms with Crippen molar-refractivity contribution in [2.45, 2.75) is 13.3 Å². The number of methoxy groups -OCH3 is 2. The highest BCUT2D eigenvalue weighted by Crippen LogP contribution is 2.48. The number of thiazole rings is 1. The van der Waals surface area contributed by atoms with Gasteiger partial charge in [-0.15, -0.1) is 0 Å². The number of halogens is 1. The number of aliphatic imine (C=N–C) groups is 1. The van der Waals surface area contributed by atoms with Crippen LogP contribution in [-0.4, -0.2) is 25.4 Å². The van der Waals surface area contributed by atoms with Crippen molar-refractivity contribution in [2.24, 2.45) is 4.99 Å². The number of fused-ring (bicyclic) bond motifs is 3. The zero-order valence-corrected chi connectivity index (χ0v) is 17.1. The fourth-order valence-corrected chi connectivity index (χ4v) is 4.51. The van der Waals surface area contributed by atoms with E-state index in [2.05, 4.69) is 20.9 Å². The van der Waals surface area contributed by atoms with Crippen molar-refractivity contribution in [2.75, 3.05) is 14.2 Å². The van der Waals surface area contributed by atoms with Gasteiger partial charge in [0, 0.05) is 27.5 Å². The van der Waals surface area contributed by atoms with Crippen LogP contribution in [0.25, 0.3) is 11.3 Å². The molecule has 132 valence electrons. The number of nitrogens with zero attached hydrogens (tertiary/aromatic N) is 2. The van der Waals surface area contributed by atoms with Gasteiger partial charge in [0.25, 0.3) is 0 Å². The van der Waals surface area contributed by atoms with Crippen LogP contribution in [0.1, 0.15) is 21.6 Å². The Morgan fingerprint density at radius 3 is 2.73 bits per heavy atom. The zero-order valence-electron chi connectivity index (χ0n) is 14.7. The summed E-state index contributed by atoms with van der Waals surface area (Å²) in [5, 5.41) is 0.752. The van der Waals surface area contributed by atoms with E-state index >= 15 is 0 Å². The molecule has 0 aliphatic heterocycles. The van der Waals surface area contributed by atoms with E-state index in [0.29, 0.717) is 0 Å². The largest absolute Gasteiger partial charge is 0.496 e. The second-order valence-electron chi connectivity index (χ2n) is 6.04. The fourth-order valence-electron chi connectivity index (χ4n) is 3.12. The molecule has 0 N–H and O–H groups in total. The second-order valence-corrected chi connectivity index (χ2v) is 7.95. The van der Waals surface area contributed by atoms with Crippen LogP contribution in [-0.2, 0) is 6.42 Å². The highest BCUT2D eigenvalue weighted by atomic mass is 79.9. The van der Waals surface area contributed by atoms with E-state index in [9.17, 15) is 0 Å². The van der Waals surface area contributed by atoms with Crippen LogP contribution >= 0.6 is 27.3 Å². The van der Waals surface area contributed by atoms with Gasteiger partial charge in [0.15, 0.2) is 0 Å². The first-order valence-corrected chi connectivity index (χ1v) is 9.75. The molecule has 0 amide bonds. The number of hydrogen-bond donors (Lipinski definition) is 0. The number of aromatic nitrogens is 1. The normalized spacial score (nSPS) is 12.3. The molecule has 0 spiro atoms. The molecule has 0 unspecified atom stereocenters. The fraction of sp³-hybridized carbons (Fsp3) is 0.200. The van der Waals surface area contributed by atoms with Crippen molar-refractivity contribution in [1.82, 2.24) is 4.98 Å². The Kier molecular flexibility index (Phi) is 4.54. The average Bonchev–Trinajstić information content (AvgIpc) is 3.20. The van der Waals surface area contributed by atoms with Gasteiger partial charge in [-0.1, -0.05) is 39.4 Å². The monoisotopic (exact) mass is 428 g/mol. The maximum absolute atomic E-state index is 5.54. The molecular formula is C20H17BrN2O2S. The molecule has 1 aromatic heterocycles. The Morgan fingerprint density at radius 1 is 1.15 bits per heavy atom. The molecule has 0 atom stereocenters. The standard InChI is InChI=1S/C20H17BrN2O2S/c1-11-4-5-12(8-16(11)25-3)10-22-20-23-19-17(26-20)9-13-14(21)6-7-15(24-2)18(13)19/h4-8,10H,9H2,1-3H3. The highest BCUT2D eigenvalue weighted by Gasteiger charge is 2.28. The molecule has 0 fully saturated rings. The summed E-state index contributed by atoms with van der Waals surface area (Å²) >= 11 is 5.26. The van der Waals surface area contributed by atoms with Crippen LogP contribution in [0.15, 0.2) is 39.8 Å². The molecule has 0 saturated carbocycles. The van der Waals surface area contributed by atoms with Crippen LogP contribution in [0.3, 0.4) is 0 Å². The lowest BCUT2D eigenvalue weighted by Gasteiger charge is -2.08. The molecular weight excluding hydrogens is 412 g/mol. The molecule has 6 heteroatoms. The molecule has 1 heterocycles. The number of ether oxygens (including phenoxy) is 2. The summed E-state index contributed by atoms with van der Waals surface area (Å²) in [6, 6.07) is 10.0. The van der Waals surface area contributed by atoms with E-state index in [1.54, 1.807) is 25.6 Å². The van der Waals surface area contributed by atoms with Gasteiger partial charge < -0.3 is 9.47 Å². The van der Waals surface area contributed by atoms with Crippen LogP contribution in [0, 0.1) is 6.92 Å². The Morgan fingerprint density at radius 2 is 1.96 bits per heavy atom. The van der Waals surface area contributed by atoms with Crippen molar-refractivity contribution < 1.29 is 9.47 Å². The highest BCUT2D eigenvalue weighted by molar-refractivity contribution is 9.10. The molecule has 26 heavy (non-hydrogen) atoms. The lowest BCUT2D eigenvalue weighted by molar-refractivity contribution is 0.411. The minimum atomic E-state index is 0.752. The van der Waals surface area contributed by atoms with E-state index in [1.807, 2.05) is 43.5 Å². The Balaban J connectivity index is 1.67. The van der Waals surface area contributed by atoms with Crippen LogP contribution < -0.4 is 9.47 Å². The van der Waals surface area contributed by atoms with Gasteiger partial charge in [-0.05, 0) is 41.8 Å². The van der Waals surface area contributed by atoms with Gasteiger partial charge in [0.1, 0.15) is 11.5 Å². The summed E-state index contributed by atoms with van der Waals surface area (Å²) in [5.74, 6) is 1.71. The van der Waals surface area contributed by atoms with Crippen LogP contribution in [0.5, 0.6) is 11.5 Å². The SMILES string of the molecule is COc1cc(C=Nc2nc3c(s2)Cc2c(Br)ccc(OC)c2-3)ccc1C. The topological polar surface area (TPSA) is 43.7 Å². The molecule has 0 saturated heterocycles. The first-order chi connectivity index (χ1) is 12.6. The van der Waals surface area contributed by atoms with Crippen molar-refractivity contribution in [3.63, 3.8) is 0 Å². The smallest absolute Gasteiger partial charge is 0.209 e. The van der Waals surface area contributed by atoms with Gasteiger partial charge >= 0.3 is 0 Å². The molecule has 4 nitrogen and oxygen atoms in total. The molecule has 3 aromatic rings. The number of aryl methyl sites for hydroxylation is 1. The van der Waals surface area contributed by atoms with Crippen LogP contribution in [0.4, 0.5) is 5.13 Å². The van der Waals surface area contributed by atoms with E-state index in [1.165, 1.54) is 10.4 Å². The minimum Gasteiger partial charge on any atom is -0.496 e. The summed E-state index contributed by atoms with van der Waals surface area (Å²) in [6.07, 6.45) is 2.68. The van der Waals surface area contributed by atoms with E-state index in [-0.39, 0.29) is 0 Å². The third-order valence-corrected chi connectivity index (χ3v) is 6.16. The van der Waals surface area contributed by atoms with Crippen molar-refractivity contribution in [1.29, 1.82) is 0 Å². The number of benzene rings is 2. The summed E-state index contributed by atoms with van der Waals surface area (Å²) in [7, 11) is 3.37. The lowest BCUT2D eigenvalue weighted by Crippen LogP contribution is -1.90. The third kappa shape index (κ3) is 2.93.